The van der Waals surface area contributed by atoms with Gasteiger partial charge in [-0.15, -0.1) is 0 Å². The smallest absolute Gasteiger partial charge is 0.410 e. The van der Waals surface area contributed by atoms with Gasteiger partial charge < -0.3 is 20.3 Å². The average molecular weight is 338 g/mol. The molecule has 0 spiro atoms. The molecule has 0 saturated heterocycles. The van der Waals surface area contributed by atoms with E-state index >= 15 is 0 Å². The van der Waals surface area contributed by atoms with Crippen LogP contribution in [0.2, 0.25) is 0 Å². The van der Waals surface area contributed by atoms with Crippen LogP contribution in [0.4, 0.5) is 10.5 Å². The average Bonchev–Trinajstić information content (AvgIpc) is 2.44. The summed E-state index contributed by atoms with van der Waals surface area (Å²) in [5, 5.41) is 20.7. The van der Waals surface area contributed by atoms with Crippen molar-refractivity contribution >= 4 is 23.7 Å². The monoisotopic (exact) mass is 338 g/mol. The Hall–Kier alpha value is -2.77. The summed E-state index contributed by atoms with van der Waals surface area (Å²) >= 11 is 0. The van der Waals surface area contributed by atoms with Crippen LogP contribution in [0.15, 0.2) is 24.3 Å². The van der Waals surface area contributed by atoms with Crippen molar-refractivity contribution in [1.82, 2.24) is 4.90 Å². The Labute approximate surface area is 140 Å². The minimum absolute atomic E-state index is 0.127. The molecule has 0 aliphatic heterocycles. The summed E-state index contributed by atoms with van der Waals surface area (Å²) in [5.74, 6) is -2.15. The van der Waals surface area contributed by atoms with Gasteiger partial charge in [-0.05, 0) is 45.0 Å². The minimum atomic E-state index is -1.13. The number of carboxylic acid groups (broad SMARTS) is 2. The first-order chi connectivity index (χ1) is 11.1. The standard InChI is InChI=1S/C16H22N2O6/c1-16(2,3)24-15(23)18(10-13(19)20)9-8-17-12-6-4-11(5-7-12)14(21)22/h4-7,17H,8-10H2,1-3H3,(H,19,20)(H,21,22). The summed E-state index contributed by atoms with van der Waals surface area (Å²) in [6.45, 7) is 5.06. The van der Waals surface area contributed by atoms with Crippen molar-refractivity contribution < 1.29 is 29.3 Å². The Morgan fingerprint density at radius 3 is 2.17 bits per heavy atom. The van der Waals surface area contributed by atoms with E-state index in [0.717, 1.165) is 4.90 Å². The predicted molar refractivity (Wildman–Crippen MR) is 87.3 cm³/mol. The molecule has 1 rings (SSSR count). The van der Waals surface area contributed by atoms with Gasteiger partial charge >= 0.3 is 18.0 Å². The van der Waals surface area contributed by atoms with Crippen LogP contribution < -0.4 is 5.32 Å². The fraction of sp³-hybridized carbons (Fsp3) is 0.438. The first-order valence-corrected chi connectivity index (χ1v) is 7.35. The Morgan fingerprint density at radius 2 is 1.71 bits per heavy atom. The van der Waals surface area contributed by atoms with Crippen LogP contribution in [-0.4, -0.2) is 58.4 Å². The lowest BCUT2D eigenvalue weighted by Gasteiger charge is -2.26. The number of nitrogens with one attached hydrogen (secondary N) is 1. The van der Waals surface area contributed by atoms with Crippen LogP contribution in [0, 0.1) is 0 Å². The number of ether oxygens (including phenoxy) is 1. The molecule has 0 radical (unpaired) electrons. The molecule has 132 valence electrons. The van der Waals surface area contributed by atoms with Gasteiger partial charge in [0.05, 0.1) is 5.56 Å². The number of carboxylic acids is 2. The zero-order valence-corrected chi connectivity index (χ0v) is 13.9. The molecule has 0 heterocycles. The second-order valence-corrected chi connectivity index (χ2v) is 6.10. The van der Waals surface area contributed by atoms with E-state index in [1.165, 1.54) is 12.1 Å². The lowest BCUT2D eigenvalue weighted by Crippen LogP contribution is -2.42. The molecular weight excluding hydrogens is 316 g/mol. The Bertz CT molecular complexity index is 592. The molecule has 0 unspecified atom stereocenters. The number of aromatic carboxylic acids is 1. The molecular formula is C16H22N2O6. The zero-order chi connectivity index (χ0) is 18.3. The number of rotatable bonds is 7. The number of nitrogens with zero attached hydrogens (tertiary/aromatic N) is 1. The SMILES string of the molecule is CC(C)(C)OC(=O)N(CCNc1ccc(C(=O)O)cc1)CC(=O)O. The van der Waals surface area contributed by atoms with E-state index in [9.17, 15) is 14.4 Å². The summed E-state index contributed by atoms with van der Waals surface area (Å²) in [4.78, 5) is 34.8. The van der Waals surface area contributed by atoms with E-state index in [1.807, 2.05) is 0 Å². The first kappa shape index (κ1) is 19.3. The summed E-state index contributed by atoms with van der Waals surface area (Å²) in [6, 6.07) is 6.10. The van der Waals surface area contributed by atoms with Crippen LogP contribution in [0.3, 0.4) is 0 Å². The molecule has 1 amide bonds. The van der Waals surface area contributed by atoms with Gasteiger partial charge in [-0.1, -0.05) is 0 Å². The zero-order valence-electron chi connectivity index (χ0n) is 13.9. The van der Waals surface area contributed by atoms with Gasteiger partial charge in [-0.25, -0.2) is 9.59 Å². The van der Waals surface area contributed by atoms with Crippen LogP contribution in [0.5, 0.6) is 0 Å². The molecule has 0 saturated carbocycles. The van der Waals surface area contributed by atoms with Gasteiger partial charge in [0.15, 0.2) is 0 Å². The highest BCUT2D eigenvalue weighted by Gasteiger charge is 2.23. The van der Waals surface area contributed by atoms with E-state index in [0.29, 0.717) is 12.2 Å². The third-order valence-electron chi connectivity index (χ3n) is 2.82. The molecule has 0 atom stereocenters. The number of hydrogen-bond donors (Lipinski definition) is 3. The summed E-state index contributed by atoms with van der Waals surface area (Å²) in [6.07, 6.45) is -0.701. The van der Waals surface area contributed by atoms with Crippen LogP contribution >= 0.6 is 0 Å². The van der Waals surface area contributed by atoms with Crippen molar-refractivity contribution in [3.63, 3.8) is 0 Å². The molecule has 8 nitrogen and oxygen atoms in total. The Kier molecular flexibility index (Phi) is 6.58. The lowest BCUT2D eigenvalue weighted by atomic mass is 10.2. The second-order valence-electron chi connectivity index (χ2n) is 6.10. The molecule has 0 aliphatic rings. The van der Waals surface area contributed by atoms with Gasteiger partial charge in [0.1, 0.15) is 12.1 Å². The fourth-order valence-electron chi connectivity index (χ4n) is 1.79. The number of carbonyl (C=O) groups excluding carboxylic acids is 1. The molecule has 0 fully saturated rings. The molecule has 24 heavy (non-hydrogen) atoms. The van der Waals surface area contributed by atoms with Gasteiger partial charge in [0, 0.05) is 18.8 Å². The number of carbonyl (C=O) groups is 3. The number of aliphatic carboxylic acids is 1. The van der Waals surface area contributed by atoms with Crippen LogP contribution in [-0.2, 0) is 9.53 Å². The van der Waals surface area contributed by atoms with E-state index in [-0.39, 0.29) is 12.1 Å². The second kappa shape index (κ2) is 8.19. The van der Waals surface area contributed by atoms with Crippen molar-refractivity contribution in [2.75, 3.05) is 25.0 Å². The van der Waals surface area contributed by atoms with Gasteiger partial charge in [-0.3, -0.25) is 9.69 Å². The summed E-state index contributed by atoms with van der Waals surface area (Å²) in [7, 11) is 0. The molecule has 0 bridgehead atoms. The van der Waals surface area contributed by atoms with E-state index in [2.05, 4.69) is 5.32 Å². The molecule has 0 aromatic heterocycles. The van der Waals surface area contributed by atoms with Gasteiger partial charge in [-0.2, -0.15) is 0 Å². The van der Waals surface area contributed by atoms with Crippen molar-refractivity contribution in [2.24, 2.45) is 0 Å². The molecule has 1 aromatic carbocycles. The quantitative estimate of drug-likeness (QED) is 0.697. The number of benzene rings is 1. The highest BCUT2D eigenvalue weighted by Crippen LogP contribution is 2.11. The van der Waals surface area contributed by atoms with Crippen molar-refractivity contribution in [2.45, 2.75) is 26.4 Å². The maximum absolute atomic E-state index is 12.0. The highest BCUT2D eigenvalue weighted by atomic mass is 16.6. The van der Waals surface area contributed by atoms with Crippen molar-refractivity contribution in [3.05, 3.63) is 29.8 Å². The van der Waals surface area contributed by atoms with Crippen molar-refractivity contribution in [3.8, 4) is 0 Å². The van der Waals surface area contributed by atoms with Crippen LogP contribution in [0.25, 0.3) is 0 Å². The topological polar surface area (TPSA) is 116 Å². The predicted octanol–water partition coefficient (Wildman–Crippen LogP) is 2.12. The molecule has 1 aromatic rings. The Morgan fingerprint density at radius 1 is 1.12 bits per heavy atom. The number of anilines is 1. The Balaban J connectivity index is 2.59. The largest absolute Gasteiger partial charge is 0.480 e. The molecule has 3 N–H and O–H groups in total. The summed E-state index contributed by atoms with van der Waals surface area (Å²) < 4.78 is 5.18. The lowest BCUT2D eigenvalue weighted by molar-refractivity contribution is -0.138. The van der Waals surface area contributed by atoms with Gasteiger partial charge in [0.25, 0.3) is 0 Å². The highest BCUT2D eigenvalue weighted by molar-refractivity contribution is 5.88. The van der Waals surface area contributed by atoms with Crippen LogP contribution in [0.1, 0.15) is 31.1 Å². The number of hydrogen-bond acceptors (Lipinski definition) is 5. The molecule has 0 aliphatic carbocycles. The van der Waals surface area contributed by atoms with E-state index < -0.39 is 30.2 Å². The fourth-order valence-corrected chi connectivity index (χ4v) is 1.79. The maximum atomic E-state index is 12.0. The maximum Gasteiger partial charge on any atom is 0.410 e. The van der Waals surface area contributed by atoms with E-state index in [1.54, 1.807) is 32.9 Å². The third-order valence-corrected chi connectivity index (χ3v) is 2.82. The van der Waals surface area contributed by atoms with E-state index in [4.69, 9.17) is 14.9 Å². The van der Waals surface area contributed by atoms with Gasteiger partial charge in [0.2, 0.25) is 0 Å². The summed E-state index contributed by atoms with van der Waals surface area (Å²) in [5.41, 5.74) is 0.120. The number of amides is 1. The van der Waals surface area contributed by atoms with Crippen molar-refractivity contribution in [1.29, 1.82) is 0 Å². The normalized spacial score (nSPS) is 10.8. The third kappa shape index (κ3) is 6.99. The first-order valence-electron chi connectivity index (χ1n) is 7.35. The molecule has 8 heteroatoms. The minimum Gasteiger partial charge on any atom is -0.480 e.